The first kappa shape index (κ1) is 27.9. The van der Waals surface area contributed by atoms with Gasteiger partial charge < -0.3 is 20.1 Å². The minimum atomic E-state index is -0.700. The Morgan fingerprint density at radius 3 is 2.46 bits per heavy atom. The third-order valence-electron chi connectivity index (χ3n) is 6.62. The summed E-state index contributed by atoms with van der Waals surface area (Å²) in [4.78, 5) is 49.4. The van der Waals surface area contributed by atoms with Gasteiger partial charge in [0.1, 0.15) is 23.4 Å². The second kappa shape index (κ2) is 12.7. The molecule has 0 bridgehead atoms. The van der Waals surface area contributed by atoms with Gasteiger partial charge in [0.05, 0.1) is 31.3 Å². The molecule has 210 valence electrons. The van der Waals surface area contributed by atoms with Crippen LogP contribution in [0.15, 0.2) is 82.8 Å². The molecule has 0 saturated heterocycles. The largest absolute Gasteiger partial charge is 0.497 e. The number of benzene rings is 3. The number of nitrogens with zero attached hydrogens (tertiary/aromatic N) is 3. The smallest absolute Gasteiger partial charge is 0.270 e. The molecule has 0 saturated carbocycles. The van der Waals surface area contributed by atoms with Gasteiger partial charge in [-0.25, -0.2) is 4.99 Å². The highest BCUT2D eigenvalue weighted by molar-refractivity contribution is 8.14. The van der Waals surface area contributed by atoms with Crippen molar-refractivity contribution < 1.29 is 23.9 Å². The van der Waals surface area contributed by atoms with Crippen LogP contribution in [0, 0.1) is 0 Å². The minimum absolute atomic E-state index is 0.0477. The second-order valence-corrected chi connectivity index (χ2v) is 10.2. The van der Waals surface area contributed by atoms with Crippen LogP contribution in [0.1, 0.15) is 24.0 Å². The molecular weight excluding hydrogens is 542 g/mol. The lowest BCUT2D eigenvalue weighted by molar-refractivity contribution is -0.122. The van der Waals surface area contributed by atoms with Crippen molar-refractivity contribution in [3.05, 3.63) is 83.9 Å². The Balaban J connectivity index is 1.25. The van der Waals surface area contributed by atoms with Gasteiger partial charge in [-0.1, -0.05) is 48.2 Å². The number of carbonyl (C=O) groups is 3. The van der Waals surface area contributed by atoms with Gasteiger partial charge in [0, 0.05) is 18.5 Å². The van der Waals surface area contributed by atoms with Crippen molar-refractivity contribution in [2.24, 2.45) is 9.98 Å². The zero-order chi connectivity index (χ0) is 28.8. The standard InChI is InChI=1S/C30H29N5O5S/c1-39-20-13-11-19(12-14-20)17-31-26(36)16-15-24-29(38)34-28-21-7-3-4-8-22(21)33-30(35(24)28)41-18-27(37)32-23-9-5-6-10-25(23)40-2/h3-14,24H,15-18H2,1-2H3,(H,31,36)(H,32,37). The van der Waals surface area contributed by atoms with Crippen LogP contribution in [0.4, 0.5) is 11.4 Å². The first-order valence-corrected chi connectivity index (χ1v) is 14.0. The van der Waals surface area contributed by atoms with E-state index in [2.05, 4.69) is 15.6 Å². The molecule has 41 heavy (non-hydrogen) atoms. The Morgan fingerprint density at radius 2 is 1.68 bits per heavy atom. The first-order valence-electron chi connectivity index (χ1n) is 13.0. The number of rotatable bonds is 10. The van der Waals surface area contributed by atoms with Crippen molar-refractivity contribution in [1.82, 2.24) is 10.2 Å². The molecule has 1 atom stereocenters. The van der Waals surface area contributed by atoms with E-state index in [4.69, 9.17) is 14.5 Å². The summed E-state index contributed by atoms with van der Waals surface area (Å²) in [5.74, 6) is 1.06. The fourth-order valence-corrected chi connectivity index (χ4v) is 5.39. The van der Waals surface area contributed by atoms with E-state index in [0.717, 1.165) is 16.9 Å². The summed E-state index contributed by atoms with van der Waals surface area (Å²) < 4.78 is 10.5. The normalized spacial score (nSPS) is 15.3. The first-order chi connectivity index (χ1) is 20.0. The van der Waals surface area contributed by atoms with E-state index in [-0.39, 0.29) is 36.3 Å². The van der Waals surface area contributed by atoms with Crippen molar-refractivity contribution in [3.8, 4) is 11.5 Å². The molecule has 3 aromatic rings. The van der Waals surface area contributed by atoms with Crippen LogP contribution in [-0.2, 0) is 20.9 Å². The third-order valence-corrected chi connectivity index (χ3v) is 7.57. The predicted molar refractivity (Wildman–Crippen MR) is 159 cm³/mol. The minimum Gasteiger partial charge on any atom is -0.497 e. The maximum Gasteiger partial charge on any atom is 0.270 e. The number of carbonyl (C=O) groups excluding carboxylic acids is 3. The van der Waals surface area contributed by atoms with Crippen molar-refractivity contribution in [3.63, 3.8) is 0 Å². The number of hydrogen-bond acceptors (Lipinski definition) is 8. The maximum atomic E-state index is 13.1. The molecule has 2 heterocycles. The second-order valence-electron chi connectivity index (χ2n) is 9.27. The molecular formula is C30H29N5O5S. The number of anilines is 1. The van der Waals surface area contributed by atoms with Gasteiger partial charge in [0.15, 0.2) is 5.17 Å². The number of nitrogens with one attached hydrogen (secondary N) is 2. The Morgan fingerprint density at radius 1 is 0.927 bits per heavy atom. The average Bonchev–Trinajstić information content (AvgIpc) is 3.34. The van der Waals surface area contributed by atoms with Crippen molar-refractivity contribution in [1.29, 1.82) is 0 Å². The number of thioether (sulfide) groups is 1. The fraction of sp³-hybridized carbons (Fsp3) is 0.233. The molecule has 3 aromatic carbocycles. The molecule has 0 radical (unpaired) electrons. The molecule has 2 aliphatic heterocycles. The van der Waals surface area contributed by atoms with E-state index in [1.165, 1.54) is 11.8 Å². The SMILES string of the molecule is COc1ccc(CNC(=O)CCC2C(=O)N=C3c4ccccc4N=C(SCC(=O)Nc4ccccc4OC)N32)cc1. The summed E-state index contributed by atoms with van der Waals surface area (Å²) in [5.41, 5.74) is 2.90. The van der Waals surface area contributed by atoms with Gasteiger partial charge in [-0.2, -0.15) is 4.99 Å². The van der Waals surface area contributed by atoms with Crippen molar-refractivity contribution in [2.75, 3.05) is 25.3 Å². The number of aliphatic imine (C=N–C) groups is 2. The van der Waals surface area contributed by atoms with Gasteiger partial charge in [0.25, 0.3) is 5.91 Å². The Bertz CT molecular complexity index is 1520. The summed E-state index contributed by atoms with van der Waals surface area (Å²) in [6.45, 7) is 0.365. The molecule has 0 spiro atoms. The fourth-order valence-electron chi connectivity index (χ4n) is 4.54. The van der Waals surface area contributed by atoms with Crippen molar-refractivity contribution in [2.45, 2.75) is 25.4 Å². The number of hydrogen-bond donors (Lipinski definition) is 2. The molecule has 2 N–H and O–H groups in total. The Hall–Kier alpha value is -4.64. The monoisotopic (exact) mass is 571 g/mol. The topological polar surface area (TPSA) is 122 Å². The predicted octanol–water partition coefficient (Wildman–Crippen LogP) is 4.13. The summed E-state index contributed by atoms with van der Waals surface area (Å²) in [5, 5.41) is 6.24. The number of ether oxygens (including phenoxy) is 2. The van der Waals surface area contributed by atoms with Gasteiger partial charge in [-0.15, -0.1) is 0 Å². The molecule has 5 rings (SSSR count). The Labute approximate surface area is 241 Å². The maximum absolute atomic E-state index is 13.1. The van der Waals surface area contributed by atoms with E-state index in [1.807, 2.05) is 60.7 Å². The average molecular weight is 572 g/mol. The van der Waals surface area contributed by atoms with E-state index >= 15 is 0 Å². The number of methoxy groups -OCH3 is 2. The quantitative estimate of drug-likeness (QED) is 0.375. The van der Waals surface area contributed by atoms with E-state index in [1.54, 1.807) is 31.3 Å². The zero-order valence-electron chi connectivity index (χ0n) is 22.6. The summed E-state index contributed by atoms with van der Waals surface area (Å²) >= 11 is 1.21. The zero-order valence-corrected chi connectivity index (χ0v) is 23.4. The lowest BCUT2D eigenvalue weighted by Crippen LogP contribution is -2.44. The van der Waals surface area contributed by atoms with Gasteiger partial charge in [-0.3, -0.25) is 19.3 Å². The highest BCUT2D eigenvalue weighted by Crippen LogP contribution is 2.35. The van der Waals surface area contributed by atoms with Crippen LogP contribution < -0.4 is 20.1 Å². The molecule has 0 fully saturated rings. The number of fused-ring (bicyclic) bond motifs is 3. The van der Waals surface area contributed by atoms with Crippen LogP contribution in [0.2, 0.25) is 0 Å². The highest BCUT2D eigenvalue weighted by atomic mass is 32.2. The summed E-state index contributed by atoms with van der Waals surface area (Å²) in [6.07, 6.45) is 0.370. The number of amides is 3. The molecule has 1 unspecified atom stereocenters. The van der Waals surface area contributed by atoms with E-state index < -0.39 is 6.04 Å². The molecule has 0 aliphatic carbocycles. The third kappa shape index (κ3) is 6.41. The van der Waals surface area contributed by atoms with Crippen LogP contribution in [0.3, 0.4) is 0 Å². The summed E-state index contributed by atoms with van der Waals surface area (Å²) in [7, 11) is 3.14. The van der Waals surface area contributed by atoms with Crippen LogP contribution in [0.5, 0.6) is 11.5 Å². The van der Waals surface area contributed by atoms with E-state index in [0.29, 0.717) is 34.7 Å². The Kier molecular flexibility index (Phi) is 8.64. The number of para-hydroxylation sites is 3. The van der Waals surface area contributed by atoms with Gasteiger partial charge in [0.2, 0.25) is 11.8 Å². The van der Waals surface area contributed by atoms with Gasteiger partial charge in [-0.05, 0) is 48.4 Å². The lowest BCUT2D eigenvalue weighted by Gasteiger charge is -2.31. The molecule has 3 amide bonds. The van der Waals surface area contributed by atoms with Crippen molar-refractivity contribution >= 4 is 51.9 Å². The van der Waals surface area contributed by atoms with Crippen LogP contribution >= 0.6 is 11.8 Å². The number of amidine groups is 2. The van der Waals surface area contributed by atoms with Crippen LogP contribution in [0.25, 0.3) is 0 Å². The van der Waals surface area contributed by atoms with Crippen LogP contribution in [-0.4, -0.2) is 59.6 Å². The molecule has 0 aromatic heterocycles. The molecule has 2 aliphatic rings. The molecule has 10 nitrogen and oxygen atoms in total. The lowest BCUT2D eigenvalue weighted by atomic mass is 10.1. The highest BCUT2D eigenvalue weighted by Gasteiger charge is 2.41. The summed E-state index contributed by atoms with van der Waals surface area (Å²) in [6, 6.07) is 21.3. The molecule has 11 heteroatoms. The van der Waals surface area contributed by atoms with E-state index in [9.17, 15) is 14.4 Å². The van der Waals surface area contributed by atoms with Gasteiger partial charge >= 0.3 is 0 Å².